The summed E-state index contributed by atoms with van der Waals surface area (Å²) in [5.74, 6) is 0. The van der Waals surface area contributed by atoms with Crippen LogP contribution in [-0.4, -0.2) is 43.1 Å². The van der Waals surface area contributed by atoms with E-state index in [1.54, 1.807) is 0 Å². The van der Waals surface area contributed by atoms with Gasteiger partial charge in [-0.2, -0.15) is 0 Å². The topological polar surface area (TPSA) is 30.5 Å². The van der Waals surface area contributed by atoms with Crippen LogP contribution in [0.15, 0.2) is 0 Å². The van der Waals surface area contributed by atoms with Gasteiger partial charge in [0.2, 0.25) is 0 Å². The molecule has 0 aromatic rings. The Morgan fingerprint density at radius 2 is 2.00 bits per heavy atom. The molecule has 12 heavy (non-hydrogen) atoms. The van der Waals surface area contributed by atoms with E-state index in [0.29, 0.717) is 5.25 Å². The molecule has 1 spiro atoms. The van der Waals surface area contributed by atoms with Crippen LogP contribution in [0.2, 0.25) is 0 Å². The van der Waals surface area contributed by atoms with Crippen molar-refractivity contribution in [2.24, 2.45) is 0 Å². The molecule has 0 bridgehead atoms. The molecule has 0 amide bonds. The first-order valence-corrected chi connectivity index (χ1v) is 5.27. The fourth-order valence-electron chi connectivity index (χ4n) is 1.60. The molecule has 1 N–H and O–H groups in total. The third-order valence-electron chi connectivity index (χ3n) is 2.18. The summed E-state index contributed by atoms with van der Waals surface area (Å²) in [5, 5.41) is 4.15. The van der Waals surface area contributed by atoms with Gasteiger partial charge in [-0.1, -0.05) is 6.92 Å². The zero-order valence-corrected chi connectivity index (χ0v) is 8.15. The normalized spacial score (nSPS) is 35.2. The van der Waals surface area contributed by atoms with Gasteiger partial charge >= 0.3 is 0 Å². The molecule has 4 heteroatoms. The van der Waals surface area contributed by atoms with Crippen molar-refractivity contribution in [3.8, 4) is 0 Å². The summed E-state index contributed by atoms with van der Waals surface area (Å²) >= 11 is 1.94. The van der Waals surface area contributed by atoms with Crippen molar-refractivity contribution < 1.29 is 9.47 Å². The van der Waals surface area contributed by atoms with E-state index in [0.717, 1.165) is 33.0 Å². The molecule has 1 unspecified atom stereocenters. The summed E-state index contributed by atoms with van der Waals surface area (Å²) < 4.78 is 10.9. The minimum Gasteiger partial charge on any atom is -0.376 e. The molecule has 0 aliphatic carbocycles. The van der Waals surface area contributed by atoms with Crippen molar-refractivity contribution >= 4 is 11.8 Å². The second-order valence-electron chi connectivity index (χ2n) is 3.41. The van der Waals surface area contributed by atoms with Gasteiger partial charge in [0.15, 0.2) is 0 Å². The highest BCUT2D eigenvalue weighted by molar-refractivity contribution is 8.01. The highest BCUT2D eigenvalue weighted by Gasteiger charge is 2.39. The third-order valence-corrected chi connectivity index (χ3v) is 3.58. The number of rotatable bonds is 0. The first kappa shape index (κ1) is 8.81. The first-order valence-electron chi connectivity index (χ1n) is 4.39. The van der Waals surface area contributed by atoms with Crippen LogP contribution >= 0.6 is 11.8 Å². The number of hydrogen-bond acceptors (Lipinski definition) is 4. The van der Waals surface area contributed by atoms with E-state index in [2.05, 4.69) is 12.2 Å². The fourth-order valence-corrected chi connectivity index (χ4v) is 3.01. The smallest absolute Gasteiger partial charge is 0.112 e. The zero-order valence-electron chi connectivity index (χ0n) is 7.34. The van der Waals surface area contributed by atoms with Crippen LogP contribution in [-0.2, 0) is 9.47 Å². The number of thioether (sulfide) groups is 1. The summed E-state index contributed by atoms with van der Waals surface area (Å²) in [6.07, 6.45) is 0. The highest BCUT2D eigenvalue weighted by atomic mass is 32.2. The average Bonchev–Trinajstić information content (AvgIpc) is 2.30. The monoisotopic (exact) mass is 189 g/mol. The van der Waals surface area contributed by atoms with E-state index in [-0.39, 0.29) is 4.87 Å². The Morgan fingerprint density at radius 3 is 2.50 bits per heavy atom. The summed E-state index contributed by atoms with van der Waals surface area (Å²) in [5.41, 5.74) is 0. The van der Waals surface area contributed by atoms with Gasteiger partial charge in [0.05, 0.1) is 26.4 Å². The molecule has 2 fully saturated rings. The van der Waals surface area contributed by atoms with Gasteiger partial charge < -0.3 is 9.47 Å². The Balaban J connectivity index is 1.98. The molecular formula is C8H15NO2S. The fraction of sp³-hybridized carbons (Fsp3) is 1.00. The quantitative estimate of drug-likeness (QED) is 0.599. The van der Waals surface area contributed by atoms with Crippen molar-refractivity contribution in [2.75, 3.05) is 33.0 Å². The zero-order chi connectivity index (χ0) is 8.44. The van der Waals surface area contributed by atoms with Crippen LogP contribution in [0.5, 0.6) is 0 Å². The highest BCUT2D eigenvalue weighted by Crippen LogP contribution is 2.33. The van der Waals surface area contributed by atoms with E-state index in [9.17, 15) is 0 Å². The Morgan fingerprint density at radius 1 is 1.33 bits per heavy atom. The van der Waals surface area contributed by atoms with Gasteiger partial charge in [-0.15, -0.1) is 11.8 Å². The van der Waals surface area contributed by atoms with Crippen molar-refractivity contribution in [2.45, 2.75) is 17.0 Å². The van der Waals surface area contributed by atoms with Gasteiger partial charge in [0.25, 0.3) is 0 Å². The molecule has 2 aliphatic heterocycles. The van der Waals surface area contributed by atoms with Crippen LogP contribution in [0.25, 0.3) is 0 Å². The number of nitrogens with one attached hydrogen (secondary N) is 1. The van der Waals surface area contributed by atoms with Crippen molar-refractivity contribution in [3.05, 3.63) is 0 Å². The van der Waals surface area contributed by atoms with E-state index in [4.69, 9.17) is 9.47 Å². The lowest BCUT2D eigenvalue weighted by Gasteiger charge is -2.25. The lowest BCUT2D eigenvalue weighted by molar-refractivity contribution is 0.103. The summed E-state index contributed by atoms with van der Waals surface area (Å²) in [6, 6.07) is 0. The molecule has 2 heterocycles. The standard InChI is InChI=1S/C8H15NO2S/c1-7-4-9-8(12-7)5-10-2-3-11-6-8/h7,9H,2-6H2,1H3. The minimum absolute atomic E-state index is 0.0515. The van der Waals surface area contributed by atoms with Gasteiger partial charge in [-0.25, -0.2) is 0 Å². The van der Waals surface area contributed by atoms with Gasteiger partial charge in [0, 0.05) is 11.8 Å². The molecular weight excluding hydrogens is 174 g/mol. The maximum absolute atomic E-state index is 5.47. The molecule has 2 saturated heterocycles. The Hall–Kier alpha value is 0.230. The van der Waals surface area contributed by atoms with E-state index in [1.165, 1.54) is 0 Å². The first-order chi connectivity index (χ1) is 5.81. The molecule has 0 aromatic carbocycles. The molecule has 70 valence electrons. The van der Waals surface area contributed by atoms with E-state index < -0.39 is 0 Å². The number of hydrogen-bond donors (Lipinski definition) is 1. The van der Waals surface area contributed by atoms with E-state index >= 15 is 0 Å². The second kappa shape index (κ2) is 3.54. The lowest BCUT2D eigenvalue weighted by Crippen LogP contribution is -2.44. The Kier molecular flexibility index (Phi) is 2.60. The predicted molar refractivity (Wildman–Crippen MR) is 49.4 cm³/mol. The van der Waals surface area contributed by atoms with Crippen LogP contribution in [0.3, 0.4) is 0 Å². The second-order valence-corrected chi connectivity index (χ2v) is 5.23. The van der Waals surface area contributed by atoms with Gasteiger partial charge in [-0.05, 0) is 0 Å². The maximum Gasteiger partial charge on any atom is 0.112 e. The predicted octanol–water partition coefficient (Wildman–Crippen LogP) is 0.454. The Labute approximate surface area is 77.2 Å². The van der Waals surface area contributed by atoms with Gasteiger partial charge in [0.1, 0.15) is 4.87 Å². The minimum atomic E-state index is 0.0515. The van der Waals surface area contributed by atoms with Gasteiger partial charge in [-0.3, -0.25) is 5.32 Å². The summed E-state index contributed by atoms with van der Waals surface area (Å²) in [6.45, 7) is 6.33. The molecule has 2 rings (SSSR count). The Bertz CT molecular complexity index is 157. The molecule has 0 saturated carbocycles. The van der Waals surface area contributed by atoms with E-state index in [1.807, 2.05) is 11.8 Å². The van der Waals surface area contributed by atoms with Crippen LogP contribution in [0.1, 0.15) is 6.92 Å². The molecule has 1 atom stereocenters. The van der Waals surface area contributed by atoms with Crippen molar-refractivity contribution in [3.63, 3.8) is 0 Å². The summed E-state index contributed by atoms with van der Waals surface area (Å²) in [7, 11) is 0. The largest absolute Gasteiger partial charge is 0.376 e. The van der Waals surface area contributed by atoms with Crippen LogP contribution in [0.4, 0.5) is 0 Å². The average molecular weight is 189 g/mol. The lowest BCUT2D eigenvalue weighted by atomic mass is 10.3. The van der Waals surface area contributed by atoms with Crippen LogP contribution in [0, 0.1) is 0 Å². The molecule has 0 radical (unpaired) electrons. The summed E-state index contributed by atoms with van der Waals surface area (Å²) in [4.78, 5) is 0.0515. The van der Waals surface area contributed by atoms with Crippen molar-refractivity contribution in [1.82, 2.24) is 5.32 Å². The van der Waals surface area contributed by atoms with Crippen molar-refractivity contribution in [1.29, 1.82) is 0 Å². The molecule has 2 aliphatic rings. The third kappa shape index (κ3) is 1.76. The molecule has 3 nitrogen and oxygen atoms in total. The number of ether oxygens (including phenoxy) is 2. The van der Waals surface area contributed by atoms with Crippen LogP contribution < -0.4 is 5.32 Å². The SMILES string of the molecule is CC1CNC2(COCCOC2)S1. The molecule has 0 aromatic heterocycles. The maximum atomic E-state index is 5.47.